The lowest BCUT2D eigenvalue weighted by Crippen LogP contribution is -2.45. The maximum atomic E-state index is 13.9. The molecule has 3 rings (SSSR count). The molecule has 1 aliphatic heterocycles. The molecule has 1 aromatic carbocycles. The highest BCUT2D eigenvalue weighted by Crippen LogP contribution is 2.17. The van der Waals surface area contributed by atoms with E-state index in [2.05, 4.69) is 15.7 Å². The van der Waals surface area contributed by atoms with Crippen molar-refractivity contribution in [2.75, 3.05) is 6.54 Å². The maximum Gasteiger partial charge on any atom is 0.255 e. The number of benzene rings is 1. The predicted molar refractivity (Wildman–Crippen MR) is 86.4 cm³/mol. The minimum absolute atomic E-state index is 0.167. The fraction of sp³-hybridized carbons (Fsp3) is 0.353. The van der Waals surface area contributed by atoms with Gasteiger partial charge in [-0.3, -0.25) is 9.59 Å². The first-order valence-electron chi connectivity index (χ1n) is 7.96. The zero-order valence-electron chi connectivity index (χ0n) is 13.4. The second-order valence-corrected chi connectivity index (χ2v) is 5.82. The summed E-state index contributed by atoms with van der Waals surface area (Å²) in [6.45, 7) is 2.33. The summed E-state index contributed by atoms with van der Waals surface area (Å²) in [6.07, 6.45) is 3.78. The van der Waals surface area contributed by atoms with E-state index < -0.39 is 11.9 Å². The molecule has 2 heterocycles. The topological polar surface area (TPSA) is 76.0 Å². The number of carbonyl (C=O) groups is 2. The monoisotopic (exact) mass is 330 g/mol. The van der Waals surface area contributed by atoms with E-state index in [0.717, 1.165) is 12.8 Å². The van der Waals surface area contributed by atoms with Gasteiger partial charge >= 0.3 is 0 Å². The van der Waals surface area contributed by atoms with Crippen molar-refractivity contribution in [2.24, 2.45) is 0 Å². The van der Waals surface area contributed by atoms with E-state index in [1.165, 1.54) is 16.9 Å². The molecule has 2 amide bonds. The minimum Gasteiger partial charge on any atom is -0.354 e. The Morgan fingerprint density at radius 2 is 2.17 bits per heavy atom. The van der Waals surface area contributed by atoms with Crippen molar-refractivity contribution in [3.05, 3.63) is 47.5 Å². The molecule has 1 aliphatic rings. The van der Waals surface area contributed by atoms with Crippen LogP contribution in [0.5, 0.6) is 0 Å². The van der Waals surface area contributed by atoms with Crippen LogP contribution in [0.3, 0.4) is 0 Å². The summed E-state index contributed by atoms with van der Waals surface area (Å²) in [5.74, 6) is -0.962. The van der Waals surface area contributed by atoms with Gasteiger partial charge in [0.1, 0.15) is 17.5 Å². The SMILES string of the molecule is Cc1c(C(=O)NC2CCCCNC2=O)cnn1-c1ccccc1F. The van der Waals surface area contributed by atoms with Gasteiger partial charge in [0, 0.05) is 6.54 Å². The normalized spacial score (nSPS) is 17.9. The van der Waals surface area contributed by atoms with Crippen molar-refractivity contribution in [3.63, 3.8) is 0 Å². The van der Waals surface area contributed by atoms with Crippen LogP contribution < -0.4 is 10.6 Å². The zero-order valence-corrected chi connectivity index (χ0v) is 13.4. The molecule has 7 heteroatoms. The zero-order chi connectivity index (χ0) is 17.1. The summed E-state index contributed by atoms with van der Waals surface area (Å²) in [7, 11) is 0. The molecule has 126 valence electrons. The van der Waals surface area contributed by atoms with Crippen molar-refractivity contribution in [2.45, 2.75) is 32.2 Å². The Labute approximate surface area is 139 Å². The average Bonchev–Trinajstić information content (AvgIpc) is 2.83. The van der Waals surface area contributed by atoms with Crippen LogP contribution in [0.25, 0.3) is 5.69 Å². The fourth-order valence-corrected chi connectivity index (χ4v) is 2.81. The van der Waals surface area contributed by atoms with Crippen LogP contribution in [-0.2, 0) is 4.79 Å². The van der Waals surface area contributed by atoms with E-state index in [4.69, 9.17) is 0 Å². The van der Waals surface area contributed by atoms with Gasteiger partial charge in [-0.25, -0.2) is 9.07 Å². The van der Waals surface area contributed by atoms with Crippen molar-refractivity contribution in [3.8, 4) is 5.69 Å². The highest BCUT2D eigenvalue weighted by molar-refractivity contribution is 5.98. The number of aromatic nitrogens is 2. The Morgan fingerprint density at radius 1 is 1.38 bits per heavy atom. The minimum atomic E-state index is -0.545. The first-order valence-corrected chi connectivity index (χ1v) is 7.96. The van der Waals surface area contributed by atoms with Gasteiger partial charge in [0.05, 0.1) is 17.5 Å². The fourth-order valence-electron chi connectivity index (χ4n) is 2.81. The van der Waals surface area contributed by atoms with Crippen LogP contribution in [0, 0.1) is 12.7 Å². The number of amides is 2. The van der Waals surface area contributed by atoms with E-state index in [-0.39, 0.29) is 17.5 Å². The Balaban J connectivity index is 1.81. The second-order valence-electron chi connectivity index (χ2n) is 5.82. The maximum absolute atomic E-state index is 13.9. The van der Waals surface area contributed by atoms with Crippen molar-refractivity contribution < 1.29 is 14.0 Å². The number of hydrogen-bond donors (Lipinski definition) is 2. The smallest absolute Gasteiger partial charge is 0.255 e. The van der Waals surface area contributed by atoms with Crippen molar-refractivity contribution in [1.82, 2.24) is 20.4 Å². The van der Waals surface area contributed by atoms with Crippen LogP contribution in [0.4, 0.5) is 4.39 Å². The van der Waals surface area contributed by atoms with E-state index in [9.17, 15) is 14.0 Å². The molecular weight excluding hydrogens is 311 g/mol. The lowest BCUT2D eigenvalue weighted by Gasteiger charge is -2.15. The molecule has 1 aromatic heterocycles. The second kappa shape index (κ2) is 6.82. The number of hydrogen-bond acceptors (Lipinski definition) is 3. The molecule has 6 nitrogen and oxygen atoms in total. The molecule has 1 atom stereocenters. The van der Waals surface area contributed by atoms with Crippen molar-refractivity contribution in [1.29, 1.82) is 0 Å². The molecule has 0 aliphatic carbocycles. The van der Waals surface area contributed by atoms with Gasteiger partial charge in [0.2, 0.25) is 5.91 Å². The third-order valence-corrected chi connectivity index (χ3v) is 4.18. The molecule has 24 heavy (non-hydrogen) atoms. The molecule has 0 bridgehead atoms. The van der Waals surface area contributed by atoms with E-state index in [1.807, 2.05) is 0 Å². The number of para-hydroxylation sites is 1. The number of rotatable bonds is 3. The highest BCUT2D eigenvalue weighted by atomic mass is 19.1. The predicted octanol–water partition coefficient (Wildman–Crippen LogP) is 1.72. The average molecular weight is 330 g/mol. The summed E-state index contributed by atoms with van der Waals surface area (Å²) < 4.78 is 15.3. The molecule has 1 unspecified atom stereocenters. The molecule has 2 aromatic rings. The number of nitrogens with zero attached hydrogens (tertiary/aromatic N) is 2. The van der Waals surface area contributed by atoms with Gasteiger partial charge in [0.25, 0.3) is 5.91 Å². The van der Waals surface area contributed by atoms with Gasteiger partial charge < -0.3 is 10.6 Å². The third kappa shape index (κ3) is 3.15. The van der Waals surface area contributed by atoms with Gasteiger partial charge in [-0.05, 0) is 38.3 Å². The van der Waals surface area contributed by atoms with Crippen LogP contribution in [0.15, 0.2) is 30.5 Å². The Hall–Kier alpha value is -2.70. The summed E-state index contributed by atoms with van der Waals surface area (Å²) >= 11 is 0. The lowest BCUT2D eigenvalue weighted by molar-refractivity contribution is -0.122. The lowest BCUT2D eigenvalue weighted by atomic mass is 10.1. The molecule has 2 N–H and O–H groups in total. The molecule has 1 fully saturated rings. The number of carbonyl (C=O) groups excluding carboxylic acids is 2. The first-order chi connectivity index (χ1) is 11.6. The van der Waals surface area contributed by atoms with Crippen LogP contribution in [-0.4, -0.2) is 34.2 Å². The third-order valence-electron chi connectivity index (χ3n) is 4.18. The summed E-state index contributed by atoms with van der Waals surface area (Å²) in [5.41, 5.74) is 1.13. The summed E-state index contributed by atoms with van der Waals surface area (Å²) in [6, 6.07) is 5.68. The standard InChI is InChI=1S/C17H19FN4O2/c1-11-12(10-20-22(11)15-8-3-2-6-13(15)18)16(23)21-14-7-4-5-9-19-17(14)24/h2-3,6,8,10,14H,4-5,7,9H2,1H3,(H,19,24)(H,21,23). The molecule has 0 spiro atoms. The van der Waals surface area contributed by atoms with Crippen molar-refractivity contribution >= 4 is 11.8 Å². The molecule has 0 radical (unpaired) electrons. The van der Waals surface area contributed by atoms with Gasteiger partial charge in [-0.2, -0.15) is 5.10 Å². The molecule has 0 saturated carbocycles. The quantitative estimate of drug-likeness (QED) is 0.900. The van der Waals surface area contributed by atoms with Gasteiger partial charge in [-0.15, -0.1) is 0 Å². The molecular formula is C17H19FN4O2. The molecule has 1 saturated heterocycles. The van der Waals surface area contributed by atoms with E-state index >= 15 is 0 Å². The largest absolute Gasteiger partial charge is 0.354 e. The number of nitrogens with one attached hydrogen (secondary N) is 2. The number of halogens is 1. The first kappa shape index (κ1) is 16.2. The van der Waals surface area contributed by atoms with E-state index in [0.29, 0.717) is 24.2 Å². The Kier molecular flexibility index (Phi) is 4.59. The summed E-state index contributed by atoms with van der Waals surface area (Å²) in [4.78, 5) is 24.4. The van der Waals surface area contributed by atoms with Gasteiger partial charge in [-0.1, -0.05) is 12.1 Å². The Morgan fingerprint density at radius 3 is 2.96 bits per heavy atom. The highest BCUT2D eigenvalue weighted by Gasteiger charge is 2.25. The Bertz CT molecular complexity index is 772. The van der Waals surface area contributed by atoms with E-state index in [1.54, 1.807) is 25.1 Å². The summed E-state index contributed by atoms with van der Waals surface area (Å²) in [5, 5.41) is 9.64. The van der Waals surface area contributed by atoms with Crippen LogP contribution >= 0.6 is 0 Å². The van der Waals surface area contributed by atoms with Gasteiger partial charge in [0.15, 0.2) is 0 Å². The van der Waals surface area contributed by atoms with Crippen LogP contribution in [0.1, 0.15) is 35.3 Å². The van der Waals surface area contributed by atoms with Crippen LogP contribution in [0.2, 0.25) is 0 Å².